The molecule has 0 amide bonds. The van der Waals surface area contributed by atoms with Crippen LogP contribution in [0.3, 0.4) is 0 Å². The van der Waals surface area contributed by atoms with Crippen LogP contribution < -0.4 is 4.74 Å². The van der Waals surface area contributed by atoms with Crippen molar-refractivity contribution < 1.29 is 9.53 Å². The Morgan fingerprint density at radius 2 is 2.15 bits per heavy atom. The molecule has 1 aromatic carbocycles. The Bertz CT molecular complexity index is 371. The number of halogens is 1. The minimum atomic E-state index is 0.213. The van der Waals surface area contributed by atoms with Gasteiger partial charge in [0.25, 0.3) is 0 Å². The smallest absolute Gasteiger partial charge is 0.167 e. The Morgan fingerprint density at radius 1 is 1.38 bits per heavy atom. The minimum Gasteiger partial charge on any atom is -0.496 e. The predicted molar refractivity (Wildman–Crippen MR) is 58.4 cm³/mol. The van der Waals surface area contributed by atoms with E-state index in [2.05, 4.69) is 22.6 Å². The van der Waals surface area contributed by atoms with Gasteiger partial charge in [0, 0.05) is 9.99 Å². The molecule has 0 unspecified atom stereocenters. The first-order chi connectivity index (χ1) is 6.24. The molecule has 1 aliphatic rings. The Morgan fingerprint density at radius 3 is 2.85 bits per heavy atom. The van der Waals surface area contributed by atoms with E-state index in [1.54, 1.807) is 7.11 Å². The normalized spacial score (nSPS) is 14.5. The molecule has 0 radical (unpaired) electrons. The molecule has 68 valence electrons. The summed E-state index contributed by atoms with van der Waals surface area (Å²) < 4.78 is 6.32. The second-order valence-corrected chi connectivity index (χ2v) is 4.19. The van der Waals surface area contributed by atoms with Crippen LogP contribution >= 0.6 is 22.6 Å². The summed E-state index contributed by atoms with van der Waals surface area (Å²) in [4.78, 5) is 11.5. The van der Waals surface area contributed by atoms with Gasteiger partial charge in [0.2, 0.25) is 0 Å². The van der Waals surface area contributed by atoms with E-state index in [-0.39, 0.29) is 5.78 Å². The lowest BCUT2D eigenvalue weighted by molar-refractivity contribution is 0.0992. The van der Waals surface area contributed by atoms with Gasteiger partial charge in [0.15, 0.2) is 5.78 Å². The van der Waals surface area contributed by atoms with E-state index in [0.29, 0.717) is 6.42 Å². The quantitative estimate of drug-likeness (QED) is 0.742. The number of hydrogen-bond acceptors (Lipinski definition) is 2. The van der Waals surface area contributed by atoms with E-state index in [1.807, 2.05) is 12.1 Å². The molecular formula is C10H9IO2. The number of benzene rings is 1. The maximum absolute atomic E-state index is 11.5. The number of hydrogen-bond donors (Lipinski definition) is 0. The van der Waals surface area contributed by atoms with Crippen molar-refractivity contribution in [1.82, 2.24) is 0 Å². The van der Waals surface area contributed by atoms with Crippen LogP contribution in [0, 0.1) is 3.57 Å². The average molecular weight is 288 g/mol. The van der Waals surface area contributed by atoms with Crippen molar-refractivity contribution in [3.63, 3.8) is 0 Å². The van der Waals surface area contributed by atoms with Gasteiger partial charge in [-0.2, -0.15) is 0 Å². The average Bonchev–Trinajstić information content (AvgIpc) is 2.51. The lowest BCUT2D eigenvalue weighted by Crippen LogP contribution is -1.97. The van der Waals surface area contributed by atoms with Gasteiger partial charge in [-0.3, -0.25) is 4.79 Å². The van der Waals surface area contributed by atoms with Crippen molar-refractivity contribution >= 4 is 28.4 Å². The number of carbonyl (C=O) groups is 1. The van der Waals surface area contributed by atoms with Crippen LogP contribution in [0.25, 0.3) is 0 Å². The van der Waals surface area contributed by atoms with Gasteiger partial charge in [0.05, 0.1) is 12.7 Å². The number of fused-ring (bicyclic) bond motifs is 1. The fourth-order valence-electron chi connectivity index (χ4n) is 1.68. The van der Waals surface area contributed by atoms with E-state index in [4.69, 9.17) is 4.74 Å². The summed E-state index contributed by atoms with van der Waals surface area (Å²) in [5.74, 6) is 0.934. The van der Waals surface area contributed by atoms with Gasteiger partial charge in [-0.25, -0.2) is 0 Å². The van der Waals surface area contributed by atoms with Crippen molar-refractivity contribution in [3.05, 3.63) is 26.8 Å². The molecule has 0 heterocycles. The summed E-state index contributed by atoms with van der Waals surface area (Å²) in [5.41, 5.74) is 1.96. The SMILES string of the molecule is COc1ccc(I)c2c1C(=O)CC2. The van der Waals surface area contributed by atoms with Crippen molar-refractivity contribution in [2.75, 3.05) is 7.11 Å². The molecular weight excluding hydrogens is 279 g/mol. The fourth-order valence-corrected chi connectivity index (χ4v) is 2.40. The first-order valence-corrected chi connectivity index (χ1v) is 5.20. The number of rotatable bonds is 1. The maximum atomic E-state index is 11.5. The molecule has 2 nitrogen and oxygen atoms in total. The molecule has 0 bridgehead atoms. The number of Topliss-reactive ketones (excluding diaryl/α,β-unsaturated/α-hetero) is 1. The van der Waals surface area contributed by atoms with E-state index in [1.165, 1.54) is 3.57 Å². The van der Waals surface area contributed by atoms with Gasteiger partial charge in [-0.15, -0.1) is 0 Å². The first kappa shape index (κ1) is 8.99. The van der Waals surface area contributed by atoms with E-state index >= 15 is 0 Å². The van der Waals surface area contributed by atoms with Gasteiger partial charge >= 0.3 is 0 Å². The number of methoxy groups -OCH3 is 1. The molecule has 0 fully saturated rings. The van der Waals surface area contributed by atoms with Crippen molar-refractivity contribution in [3.8, 4) is 5.75 Å². The fraction of sp³-hybridized carbons (Fsp3) is 0.300. The molecule has 0 atom stereocenters. The van der Waals surface area contributed by atoms with Crippen LogP contribution in [-0.2, 0) is 6.42 Å². The number of ketones is 1. The molecule has 0 aromatic heterocycles. The highest BCUT2D eigenvalue weighted by Gasteiger charge is 2.25. The molecule has 0 aliphatic heterocycles. The van der Waals surface area contributed by atoms with Crippen LogP contribution in [-0.4, -0.2) is 12.9 Å². The highest BCUT2D eigenvalue weighted by Crippen LogP contribution is 2.33. The minimum absolute atomic E-state index is 0.213. The molecule has 2 rings (SSSR count). The van der Waals surface area contributed by atoms with E-state index in [9.17, 15) is 4.79 Å². The highest BCUT2D eigenvalue weighted by atomic mass is 127. The highest BCUT2D eigenvalue weighted by molar-refractivity contribution is 14.1. The molecule has 0 N–H and O–H groups in total. The molecule has 0 saturated carbocycles. The Kier molecular flexibility index (Phi) is 2.27. The summed E-state index contributed by atoms with van der Waals surface area (Å²) in [7, 11) is 1.61. The third-order valence-corrected chi connectivity index (χ3v) is 3.33. The van der Waals surface area contributed by atoms with Gasteiger partial charge in [-0.05, 0) is 46.7 Å². The predicted octanol–water partition coefficient (Wildman–Crippen LogP) is 2.43. The van der Waals surface area contributed by atoms with E-state index in [0.717, 1.165) is 23.3 Å². The zero-order chi connectivity index (χ0) is 9.42. The molecule has 13 heavy (non-hydrogen) atoms. The summed E-state index contributed by atoms with van der Waals surface area (Å²) in [6.07, 6.45) is 1.50. The molecule has 1 aliphatic carbocycles. The number of ether oxygens (including phenoxy) is 1. The van der Waals surface area contributed by atoms with Gasteiger partial charge < -0.3 is 4.74 Å². The zero-order valence-corrected chi connectivity index (χ0v) is 9.42. The lowest BCUT2D eigenvalue weighted by atomic mass is 10.1. The third-order valence-electron chi connectivity index (χ3n) is 2.32. The second kappa shape index (κ2) is 3.29. The van der Waals surface area contributed by atoms with Crippen LogP contribution in [0.4, 0.5) is 0 Å². The van der Waals surface area contributed by atoms with Crippen LogP contribution in [0.5, 0.6) is 5.75 Å². The third kappa shape index (κ3) is 1.35. The largest absolute Gasteiger partial charge is 0.496 e. The Balaban J connectivity index is 2.66. The Labute approximate surface area is 90.4 Å². The zero-order valence-electron chi connectivity index (χ0n) is 7.26. The standard InChI is InChI=1S/C10H9IO2/c1-13-9-5-3-7(11)6-2-4-8(12)10(6)9/h3,5H,2,4H2,1H3. The van der Waals surface area contributed by atoms with Crippen molar-refractivity contribution in [2.24, 2.45) is 0 Å². The van der Waals surface area contributed by atoms with Crippen molar-refractivity contribution in [2.45, 2.75) is 12.8 Å². The summed E-state index contributed by atoms with van der Waals surface area (Å²) in [6, 6.07) is 3.86. The van der Waals surface area contributed by atoms with Crippen LogP contribution in [0.2, 0.25) is 0 Å². The van der Waals surface area contributed by atoms with E-state index < -0.39 is 0 Å². The first-order valence-electron chi connectivity index (χ1n) is 4.12. The molecule has 0 spiro atoms. The summed E-state index contributed by atoms with van der Waals surface area (Å²) in [5, 5.41) is 0. The van der Waals surface area contributed by atoms with Gasteiger partial charge in [-0.1, -0.05) is 0 Å². The summed E-state index contributed by atoms with van der Waals surface area (Å²) >= 11 is 2.26. The molecule has 3 heteroatoms. The molecule has 1 aromatic rings. The van der Waals surface area contributed by atoms with Crippen LogP contribution in [0.1, 0.15) is 22.3 Å². The van der Waals surface area contributed by atoms with Crippen molar-refractivity contribution in [1.29, 1.82) is 0 Å². The maximum Gasteiger partial charge on any atom is 0.167 e. The topological polar surface area (TPSA) is 26.3 Å². The Hall–Kier alpha value is -0.580. The second-order valence-electron chi connectivity index (χ2n) is 3.03. The molecule has 0 saturated heterocycles. The lowest BCUT2D eigenvalue weighted by Gasteiger charge is -2.06. The summed E-state index contributed by atoms with van der Waals surface area (Å²) in [6.45, 7) is 0. The number of carbonyl (C=O) groups excluding carboxylic acids is 1. The van der Waals surface area contributed by atoms with Crippen LogP contribution in [0.15, 0.2) is 12.1 Å². The van der Waals surface area contributed by atoms with Gasteiger partial charge in [0.1, 0.15) is 5.75 Å². The monoisotopic (exact) mass is 288 g/mol.